The van der Waals surface area contributed by atoms with Crippen molar-refractivity contribution in [1.82, 2.24) is 5.32 Å². The number of benzene rings is 1. The van der Waals surface area contributed by atoms with Gasteiger partial charge in [0.2, 0.25) is 5.91 Å². The summed E-state index contributed by atoms with van der Waals surface area (Å²) in [6, 6.07) is 8.05. The van der Waals surface area contributed by atoms with Gasteiger partial charge in [-0.05, 0) is 44.2 Å². The number of amides is 1. The normalized spacial score (nSPS) is 20.0. The van der Waals surface area contributed by atoms with Crippen LogP contribution in [-0.2, 0) is 20.8 Å². The van der Waals surface area contributed by atoms with E-state index >= 15 is 0 Å². The van der Waals surface area contributed by atoms with Crippen LogP contribution in [0.5, 0.6) is 0 Å². The van der Waals surface area contributed by atoms with Gasteiger partial charge >= 0.3 is 0 Å². The minimum absolute atomic E-state index is 0.0749. The first-order valence-corrected chi connectivity index (χ1v) is 7.72. The Morgan fingerprint density at radius 2 is 2.24 bits per heavy atom. The fraction of sp³-hybridized carbons (Fsp3) is 0.588. The quantitative estimate of drug-likeness (QED) is 0.876. The van der Waals surface area contributed by atoms with Crippen LogP contribution in [0.1, 0.15) is 37.3 Å². The topological polar surface area (TPSA) is 47.6 Å². The molecular formula is C17H25NO3. The summed E-state index contributed by atoms with van der Waals surface area (Å²) in [6.45, 7) is 5.68. The minimum atomic E-state index is -0.445. The van der Waals surface area contributed by atoms with Gasteiger partial charge in [-0.1, -0.05) is 24.3 Å². The van der Waals surface area contributed by atoms with Crippen LogP contribution in [0.15, 0.2) is 24.3 Å². The number of rotatable bonds is 6. The number of hydrogen-bond donors (Lipinski definition) is 1. The van der Waals surface area contributed by atoms with Crippen molar-refractivity contribution in [2.75, 3.05) is 13.2 Å². The Morgan fingerprint density at radius 3 is 2.95 bits per heavy atom. The zero-order valence-corrected chi connectivity index (χ0v) is 12.9. The first-order chi connectivity index (χ1) is 10.2. The Kier molecular flexibility index (Phi) is 6.21. The smallest absolute Gasteiger partial charge is 0.249 e. The van der Waals surface area contributed by atoms with Crippen molar-refractivity contribution in [3.63, 3.8) is 0 Å². The molecule has 0 aromatic heterocycles. The first kappa shape index (κ1) is 16.0. The number of hydrogen-bond acceptors (Lipinski definition) is 3. The minimum Gasteiger partial charge on any atom is -0.376 e. The standard InChI is InChI=1S/C17H25NO3/c1-13-7-3-4-8-15(13)11-18-17(19)14(2)21-12-16-9-5-6-10-20-16/h3-4,7-8,14,16H,5-6,9-12H2,1-2H3,(H,18,19)/t14-,16+/m0/s1. The second kappa shape index (κ2) is 8.15. The van der Waals surface area contributed by atoms with E-state index in [4.69, 9.17) is 9.47 Å². The molecule has 0 radical (unpaired) electrons. The predicted octanol–water partition coefficient (Wildman–Crippen LogP) is 2.59. The maximum absolute atomic E-state index is 12.0. The molecule has 1 aliphatic heterocycles. The third-order valence-corrected chi connectivity index (χ3v) is 3.89. The van der Waals surface area contributed by atoms with E-state index in [9.17, 15) is 4.79 Å². The Labute approximate surface area is 126 Å². The number of carbonyl (C=O) groups excluding carboxylic acids is 1. The summed E-state index contributed by atoms with van der Waals surface area (Å²) < 4.78 is 11.2. The molecule has 1 N–H and O–H groups in total. The summed E-state index contributed by atoms with van der Waals surface area (Å²) in [7, 11) is 0. The highest BCUT2D eigenvalue weighted by Crippen LogP contribution is 2.13. The molecule has 1 aliphatic rings. The lowest BCUT2D eigenvalue weighted by Gasteiger charge is -2.24. The van der Waals surface area contributed by atoms with E-state index in [2.05, 4.69) is 5.32 Å². The van der Waals surface area contributed by atoms with Crippen molar-refractivity contribution < 1.29 is 14.3 Å². The Bertz CT molecular complexity index is 455. The number of ether oxygens (including phenoxy) is 2. The van der Waals surface area contributed by atoms with Crippen LogP contribution >= 0.6 is 0 Å². The second-order valence-corrected chi connectivity index (χ2v) is 5.61. The van der Waals surface area contributed by atoms with Gasteiger partial charge < -0.3 is 14.8 Å². The maximum atomic E-state index is 12.0. The SMILES string of the molecule is Cc1ccccc1CNC(=O)[C@H](C)OC[C@H]1CCCCO1. The third kappa shape index (κ3) is 5.14. The third-order valence-electron chi connectivity index (χ3n) is 3.89. The lowest BCUT2D eigenvalue weighted by molar-refractivity contribution is -0.135. The highest BCUT2D eigenvalue weighted by atomic mass is 16.5. The predicted molar refractivity (Wildman–Crippen MR) is 82.0 cm³/mol. The number of nitrogens with one attached hydrogen (secondary N) is 1. The molecule has 0 unspecified atom stereocenters. The van der Waals surface area contributed by atoms with Crippen molar-refractivity contribution in [3.05, 3.63) is 35.4 Å². The van der Waals surface area contributed by atoms with E-state index < -0.39 is 6.10 Å². The molecule has 2 atom stereocenters. The largest absolute Gasteiger partial charge is 0.376 e. The molecule has 0 aliphatic carbocycles. The molecule has 4 heteroatoms. The van der Waals surface area contributed by atoms with Crippen LogP contribution in [0.3, 0.4) is 0 Å². The van der Waals surface area contributed by atoms with E-state index in [1.165, 1.54) is 12.0 Å². The molecule has 1 amide bonds. The average Bonchev–Trinajstić information content (AvgIpc) is 2.52. The number of aryl methyl sites for hydroxylation is 1. The van der Waals surface area contributed by atoms with Crippen molar-refractivity contribution in [2.24, 2.45) is 0 Å². The molecule has 0 spiro atoms. The summed E-state index contributed by atoms with van der Waals surface area (Å²) >= 11 is 0. The van der Waals surface area contributed by atoms with E-state index in [0.29, 0.717) is 13.2 Å². The lowest BCUT2D eigenvalue weighted by Crippen LogP contribution is -2.36. The first-order valence-electron chi connectivity index (χ1n) is 7.72. The van der Waals surface area contributed by atoms with Gasteiger partial charge in [-0.15, -0.1) is 0 Å². The number of carbonyl (C=O) groups is 1. The molecule has 1 saturated heterocycles. The van der Waals surface area contributed by atoms with Crippen LogP contribution in [0.2, 0.25) is 0 Å². The van der Waals surface area contributed by atoms with Gasteiger partial charge in [-0.2, -0.15) is 0 Å². The van der Waals surface area contributed by atoms with Crippen molar-refractivity contribution in [2.45, 2.75) is 51.9 Å². The fourth-order valence-electron chi connectivity index (χ4n) is 2.40. The summed E-state index contributed by atoms with van der Waals surface area (Å²) in [5.41, 5.74) is 2.32. The molecule has 116 valence electrons. The molecular weight excluding hydrogens is 266 g/mol. The summed E-state index contributed by atoms with van der Waals surface area (Å²) in [6.07, 6.45) is 3.03. The van der Waals surface area contributed by atoms with Crippen LogP contribution in [0, 0.1) is 6.92 Å². The molecule has 2 rings (SSSR count). The van der Waals surface area contributed by atoms with Gasteiger partial charge in [0.15, 0.2) is 0 Å². The van der Waals surface area contributed by atoms with Gasteiger partial charge in [0.1, 0.15) is 6.10 Å². The molecule has 1 heterocycles. The zero-order chi connectivity index (χ0) is 15.1. The van der Waals surface area contributed by atoms with Crippen LogP contribution in [0.25, 0.3) is 0 Å². The molecule has 0 saturated carbocycles. The molecule has 4 nitrogen and oxygen atoms in total. The zero-order valence-electron chi connectivity index (χ0n) is 12.9. The van der Waals surface area contributed by atoms with Crippen molar-refractivity contribution in [3.8, 4) is 0 Å². The maximum Gasteiger partial charge on any atom is 0.249 e. The fourth-order valence-corrected chi connectivity index (χ4v) is 2.40. The summed E-state index contributed by atoms with van der Waals surface area (Å²) in [5.74, 6) is -0.0749. The summed E-state index contributed by atoms with van der Waals surface area (Å²) in [4.78, 5) is 12.0. The monoisotopic (exact) mass is 291 g/mol. The molecule has 1 fully saturated rings. The Morgan fingerprint density at radius 1 is 1.43 bits per heavy atom. The van der Waals surface area contributed by atoms with E-state index in [1.54, 1.807) is 6.92 Å². The van der Waals surface area contributed by atoms with Gasteiger partial charge in [-0.25, -0.2) is 0 Å². The van der Waals surface area contributed by atoms with Crippen molar-refractivity contribution >= 4 is 5.91 Å². The molecule has 1 aromatic carbocycles. The van der Waals surface area contributed by atoms with E-state index in [0.717, 1.165) is 25.0 Å². The van der Waals surface area contributed by atoms with Crippen LogP contribution < -0.4 is 5.32 Å². The van der Waals surface area contributed by atoms with E-state index in [1.807, 2.05) is 31.2 Å². The highest BCUT2D eigenvalue weighted by molar-refractivity contribution is 5.80. The van der Waals surface area contributed by atoms with Crippen LogP contribution in [0.4, 0.5) is 0 Å². The highest BCUT2D eigenvalue weighted by Gasteiger charge is 2.18. The van der Waals surface area contributed by atoms with Gasteiger partial charge in [0.25, 0.3) is 0 Å². The van der Waals surface area contributed by atoms with Gasteiger partial charge in [-0.3, -0.25) is 4.79 Å². The molecule has 21 heavy (non-hydrogen) atoms. The second-order valence-electron chi connectivity index (χ2n) is 5.61. The average molecular weight is 291 g/mol. The van der Waals surface area contributed by atoms with E-state index in [-0.39, 0.29) is 12.0 Å². The molecule has 0 bridgehead atoms. The Hall–Kier alpha value is -1.39. The molecule has 1 aromatic rings. The van der Waals surface area contributed by atoms with Crippen LogP contribution in [-0.4, -0.2) is 31.3 Å². The van der Waals surface area contributed by atoms with Gasteiger partial charge in [0.05, 0.1) is 12.7 Å². The van der Waals surface area contributed by atoms with Crippen molar-refractivity contribution in [1.29, 1.82) is 0 Å². The lowest BCUT2D eigenvalue weighted by atomic mass is 10.1. The summed E-state index contributed by atoms with van der Waals surface area (Å²) in [5, 5.41) is 2.92. The van der Waals surface area contributed by atoms with Gasteiger partial charge in [0, 0.05) is 13.2 Å². The Balaban J connectivity index is 1.71.